The fourth-order valence-corrected chi connectivity index (χ4v) is 2.13. The van der Waals surface area contributed by atoms with Gasteiger partial charge in [0, 0.05) is 5.69 Å². The number of benzene rings is 2. The molecule has 0 fully saturated rings. The second kappa shape index (κ2) is 9.72. The summed E-state index contributed by atoms with van der Waals surface area (Å²) >= 11 is 5.94. The van der Waals surface area contributed by atoms with Gasteiger partial charge < -0.3 is 19.5 Å². The summed E-state index contributed by atoms with van der Waals surface area (Å²) < 4.78 is 38.4. The first-order chi connectivity index (χ1) is 12.8. The second-order valence-electron chi connectivity index (χ2n) is 5.33. The molecule has 0 unspecified atom stereocenters. The number of aryl methyl sites for hydroxylation is 1. The summed E-state index contributed by atoms with van der Waals surface area (Å²) in [5, 5.41) is 2.80. The molecule has 0 saturated heterocycles. The molecule has 0 atom stereocenters. The van der Waals surface area contributed by atoms with Crippen LogP contribution in [0, 0.1) is 6.92 Å². The molecule has 2 aromatic rings. The Morgan fingerprint density at radius 2 is 1.81 bits per heavy atom. The van der Waals surface area contributed by atoms with E-state index in [1.54, 1.807) is 18.2 Å². The minimum absolute atomic E-state index is 0.0404. The molecule has 144 valence electrons. The van der Waals surface area contributed by atoms with E-state index >= 15 is 0 Å². The predicted octanol–water partition coefficient (Wildman–Crippen LogP) is 3.81. The molecule has 0 aliphatic rings. The van der Waals surface area contributed by atoms with E-state index in [9.17, 15) is 18.4 Å². The van der Waals surface area contributed by atoms with Crippen molar-refractivity contribution in [2.75, 3.05) is 18.5 Å². The van der Waals surface area contributed by atoms with Crippen LogP contribution in [0.3, 0.4) is 0 Å². The van der Waals surface area contributed by atoms with Crippen molar-refractivity contribution in [2.24, 2.45) is 0 Å². The molecule has 9 heteroatoms. The summed E-state index contributed by atoms with van der Waals surface area (Å²) in [6.07, 6.45) is 0. The molecule has 0 aliphatic carbocycles. The second-order valence-corrected chi connectivity index (χ2v) is 5.74. The third kappa shape index (κ3) is 7.10. The van der Waals surface area contributed by atoms with Crippen molar-refractivity contribution >= 4 is 29.2 Å². The number of alkyl halides is 2. The topological polar surface area (TPSA) is 73.9 Å². The van der Waals surface area contributed by atoms with Gasteiger partial charge in [0.05, 0.1) is 5.02 Å². The minimum atomic E-state index is -2.93. The highest BCUT2D eigenvalue weighted by Gasteiger charge is 2.11. The lowest BCUT2D eigenvalue weighted by molar-refractivity contribution is -0.149. The fraction of sp³-hybridized carbons (Fsp3) is 0.222. The van der Waals surface area contributed by atoms with E-state index in [0.29, 0.717) is 16.5 Å². The van der Waals surface area contributed by atoms with Crippen molar-refractivity contribution in [1.29, 1.82) is 0 Å². The summed E-state index contributed by atoms with van der Waals surface area (Å²) in [4.78, 5) is 23.4. The SMILES string of the molecule is Cc1ccc(Cl)c(OCC(=O)OCC(=O)Nc2ccc(OC(F)F)cc2)c1. The molecule has 0 saturated carbocycles. The number of esters is 1. The Morgan fingerprint density at radius 3 is 2.48 bits per heavy atom. The number of hydrogen-bond donors (Lipinski definition) is 1. The van der Waals surface area contributed by atoms with Crippen LogP contribution in [-0.2, 0) is 14.3 Å². The quantitative estimate of drug-likeness (QED) is 0.683. The van der Waals surface area contributed by atoms with E-state index in [2.05, 4.69) is 10.1 Å². The monoisotopic (exact) mass is 399 g/mol. The number of nitrogens with one attached hydrogen (secondary N) is 1. The van der Waals surface area contributed by atoms with Gasteiger partial charge in [-0.05, 0) is 48.9 Å². The third-order valence-corrected chi connectivity index (χ3v) is 3.47. The lowest BCUT2D eigenvalue weighted by Gasteiger charge is -2.10. The molecule has 0 aromatic heterocycles. The lowest BCUT2D eigenvalue weighted by atomic mass is 10.2. The maximum absolute atomic E-state index is 12.1. The highest BCUT2D eigenvalue weighted by molar-refractivity contribution is 6.32. The highest BCUT2D eigenvalue weighted by Crippen LogP contribution is 2.25. The van der Waals surface area contributed by atoms with Gasteiger partial charge in [0.25, 0.3) is 5.91 Å². The first-order valence-electron chi connectivity index (χ1n) is 7.73. The summed E-state index contributed by atoms with van der Waals surface area (Å²) in [6.45, 7) is -2.02. The molecule has 0 spiro atoms. The average molecular weight is 400 g/mol. The van der Waals surface area contributed by atoms with E-state index in [0.717, 1.165) is 5.56 Å². The fourth-order valence-electron chi connectivity index (χ4n) is 1.96. The molecular formula is C18H16ClF2NO5. The van der Waals surface area contributed by atoms with Crippen LogP contribution in [0.1, 0.15) is 5.56 Å². The van der Waals surface area contributed by atoms with Crippen LogP contribution < -0.4 is 14.8 Å². The summed E-state index contributed by atoms with van der Waals surface area (Å²) in [7, 11) is 0. The first kappa shape index (κ1) is 20.4. The van der Waals surface area contributed by atoms with Crippen LogP contribution in [0.15, 0.2) is 42.5 Å². The largest absolute Gasteiger partial charge is 0.480 e. The maximum Gasteiger partial charge on any atom is 0.387 e. The average Bonchev–Trinajstić information content (AvgIpc) is 2.62. The molecule has 1 amide bonds. The Morgan fingerprint density at radius 1 is 1.11 bits per heavy atom. The maximum atomic E-state index is 12.1. The van der Waals surface area contributed by atoms with Gasteiger partial charge in [0.2, 0.25) is 0 Å². The van der Waals surface area contributed by atoms with Gasteiger partial charge in [-0.1, -0.05) is 17.7 Å². The number of amides is 1. The number of anilines is 1. The number of hydrogen-bond acceptors (Lipinski definition) is 5. The zero-order valence-corrected chi connectivity index (χ0v) is 15.0. The number of carbonyl (C=O) groups is 2. The zero-order chi connectivity index (χ0) is 19.8. The van der Waals surface area contributed by atoms with E-state index in [1.165, 1.54) is 24.3 Å². The van der Waals surface area contributed by atoms with Crippen molar-refractivity contribution in [3.8, 4) is 11.5 Å². The van der Waals surface area contributed by atoms with E-state index < -0.39 is 31.7 Å². The van der Waals surface area contributed by atoms with Gasteiger partial charge in [-0.3, -0.25) is 4.79 Å². The van der Waals surface area contributed by atoms with Crippen molar-refractivity contribution in [3.63, 3.8) is 0 Å². The normalized spacial score (nSPS) is 10.4. The van der Waals surface area contributed by atoms with Gasteiger partial charge in [-0.2, -0.15) is 8.78 Å². The highest BCUT2D eigenvalue weighted by atomic mass is 35.5. The predicted molar refractivity (Wildman–Crippen MR) is 94.3 cm³/mol. The molecule has 1 N–H and O–H groups in total. The minimum Gasteiger partial charge on any atom is -0.480 e. The van der Waals surface area contributed by atoms with Gasteiger partial charge in [0.1, 0.15) is 11.5 Å². The Labute approximate surface area is 159 Å². The molecule has 6 nitrogen and oxygen atoms in total. The van der Waals surface area contributed by atoms with E-state index in [-0.39, 0.29) is 5.75 Å². The van der Waals surface area contributed by atoms with Crippen LogP contribution in [0.4, 0.5) is 14.5 Å². The molecule has 27 heavy (non-hydrogen) atoms. The van der Waals surface area contributed by atoms with Gasteiger partial charge in [-0.15, -0.1) is 0 Å². The van der Waals surface area contributed by atoms with Crippen molar-refractivity contribution in [2.45, 2.75) is 13.5 Å². The molecule has 0 heterocycles. The van der Waals surface area contributed by atoms with Crippen LogP contribution >= 0.6 is 11.6 Å². The van der Waals surface area contributed by atoms with Crippen molar-refractivity contribution < 1.29 is 32.6 Å². The Balaban J connectivity index is 1.74. The standard InChI is InChI=1S/C18H16ClF2NO5/c1-11-2-7-14(19)15(8-11)25-10-17(24)26-9-16(23)22-12-3-5-13(6-4-12)27-18(20)21/h2-8,18H,9-10H2,1H3,(H,22,23). The van der Waals surface area contributed by atoms with Crippen LogP contribution in [-0.4, -0.2) is 31.7 Å². The van der Waals surface area contributed by atoms with Crippen LogP contribution in [0.2, 0.25) is 5.02 Å². The molecule has 2 aromatic carbocycles. The smallest absolute Gasteiger partial charge is 0.387 e. The van der Waals surface area contributed by atoms with Crippen LogP contribution in [0.5, 0.6) is 11.5 Å². The number of carbonyl (C=O) groups excluding carboxylic acids is 2. The molecule has 0 bridgehead atoms. The van der Waals surface area contributed by atoms with Gasteiger partial charge in [-0.25, -0.2) is 4.79 Å². The van der Waals surface area contributed by atoms with E-state index in [4.69, 9.17) is 21.1 Å². The lowest BCUT2D eigenvalue weighted by Crippen LogP contribution is -2.23. The van der Waals surface area contributed by atoms with Crippen molar-refractivity contribution in [3.05, 3.63) is 53.1 Å². The summed E-state index contributed by atoms with van der Waals surface area (Å²) in [5.74, 6) is -1.05. The van der Waals surface area contributed by atoms with E-state index in [1.807, 2.05) is 6.92 Å². The first-order valence-corrected chi connectivity index (χ1v) is 8.10. The van der Waals surface area contributed by atoms with Gasteiger partial charge in [0.15, 0.2) is 13.2 Å². The van der Waals surface area contributed by atoms with Crippen LogP contribution in [0.25, 0.3) is 0 Å². The number of halogens is 3. The number of ether oxygens (including phenoxy) is 3. The third-order valence-electron chi connectivity index (χ3n) is 3.16. The molecular weight excluding hydrogens is 384 g/mol. The zero-order valence-electron chi connectivity index (χ0n) is 14.2. The summed E-state index contributed by atoms with van der Waals surface area (Å²) in [6, 6.07) is 10.4. The summed E-state index contributed by atoms with van der Waals surface area (Å²) in [5.41, 5.74) is 1.24. The molecule has 0 radical (unpaired) electrons. The Hall–Kier alpha value is -2.87. The molecule has 2 rings (SSSR count). The van der Waals surface area contributed by atoms with Crippen molar-refractivity contribution in [1.82, 2.24) is 0 Å². The number of rotatable bonds is 8. The Kier molecular flexibility index (Phi) is 7.36. The molecule has 0 aliphatic heterocycles. The van der Waals surface area contributed by atoms with Gasteiger partial charge >= 0.3 is 12.6 Å². The Bertz CT molecular complexity index is 799.